The fraction of sp³-hybridized carbons (Fsp3) is 0.136. The molecule has 0 bridgehead atoms. The second-order valence-corrected chi connectivity index (χ2v) is 14.5. The lowest BCUT2D eigenvalue weighted by atomic mass is 9.81. The molecule has 0 N–H and O–H groups in total. The number of hydrogen-bond acceptors (Lipinski definition) is 1. The van der Waals surface area contributed by atoms with Gasteiger partial charge in [-0.25, -0.2) is 0 Å². The highest BCUT2D eigenvalue weighted by Gasteiger charge is 2.37. The van der Waals surface area contributed by atoms with Crippen LogP contribution in [-0.4, -0.2) is 0 Å². The Morgan fingerprint density at radius 2 is 1.02 bits per heavy atom. The fourth-order valence-corrected chi connectivity index (χ4v) is 9.22. The van der Waals surface area contributed by atoms with Gasteiger partial charge in [0.05, 0.1) is 0 Å². The molecule has 0 nitrogen and oxygen atoms in total. The lowest BCUT2D eigenvalue weighted by Crippen LogP contribution is -2.14. The van der Waals surface area contributed by atoms with E-state index < -0.39 is 0 Å². The highest BCUT2D eigenvalue weighted by molar-refractivity contribution is 7.26. The molecule has 1 aliphatic rings. The van der Waals surface area contributed by atoms with Crippen LogP contribution in [0.4, 0.5) is 0 Å². The third-order valence-electron chi connectivity index (χ3n) is 10.3. The van der Waals surface area contributed by atoms with Crippen LogP contribution in [0.15, 0.2) is 127 Å². The van der Waals surface area contributed by atoms with E-state index in [9.17, 15) is 0 Å². The summed E-state index contributed by atoms with van der Waals surface area (Å²) in [6.45, 7) is 9.30. The minimum atomic E-state index is -0.0519. The third kappa shape index (κ3) is 3.77. The Morgan fingerprint density at radius 1 is 0.489 bits per heavy atom. The van der Waals surface area contributed by atoms with Gasteiger partial charge in [-0.15, -0.1) is 11.3 Å². The highest BCUT2D eigenvalue weighted by Crippen LogP contribution is 2.55. The first-order chi connectivity index (χ1) is 21.9. The average Bonchev–Trinajstić information content (AvgIpc) is 3.55. The van der Waals surface area contributed by atoms with Crippen molar-refractivity contribution >= 4 is 53.1 Å². The Morgan fingerprint density at radius 3 is 1.64 bits per heavy atom. The summed E-state index contributed by atoms with van der Waals surface area (Å²) in [6, 6.07) is 48.1. The fourth-order valence-electron chi connectivity index (χ4n) is 7.96. The third-order valence-corrected chi connectivity index (χ3v) is 11.5. The molecule has 7 aromatic carbocycles. The van der Waals surface area contributed by atoms with Gasteiger partial charge in [0, 0.05) is 31.2 Å². The lowest BCUT2D eigenvalue weighted by molar-refractivity contribution is 0.661. The second-order valence-electron chi connectivity index (χ2n) is 13.5. The van der Waals surface area contributed by atoms with Gasteiger partial charge in [0.15, 0.2) is 0 Å². The molecule has 0 saturated carbocycles. The van der Waals surface area contributed by atoms with Crippen molar-refractivity contribution in [2.24, 2.45) is 0 Å². The van der Waals surface area contributed by atoms with Crippen LogP contribution < -0.4 is 0 Å². The van der Waals surface area contributed by atoms with Crippen molar-refractivity contribution in [2.45, 2.75) is 39.0 Å². The van der Waals surface area contributed by atoms with Crippen LogP contribution in [-0.2, 0) is 5.41 Å². The average molecular weight is 595 g/mol. The smallest absolute Gasteiger partial charge is 0.0437 e. The van der Waals surface area contributed by atoms with Gasteiger partial charge in [-0.3, -0.25) is 0 Å². The van der Waals surface area contributed by atoms with Crippen molar-refractivity contribution in [3.8, 4) is 33.4 Å². The molecule has 45 heavy (non-hydrogen) atoms. The largest absolute Gasteiger partial charge is 0.135 e. The van der Waals surface area contributed by atoms with Crippen molar-refractivity contribution in [1.29, 1.82) is 0 Å². The highest BCUT2D eigenvalue weighted by atomic mass is 32.1. The summed E-state index contributed by atoms with van der Waals surface area (Å²) in [4.78, 5) is 0. The van der Waals surface area contributed by atoms with Crippen LogP contribution in [0.3, 0.4) is 0 Å². The van der Waals surface area contributed by atoms with Crippen molar-refractivity contribution in [3.05, 3.63) is 144 Å². The molecular weight excluding hydrogens is 561 g/mol. The molecule has 1 heterocycles. The molecule has 0 fully saturated rings. The molecule has 1 heteroatoms. The number of thiophene rings is 1. The summed E-state index contributed by atoms with van der Waals surface area (Å²) in [6.07, 6.45) is 0. The van der Waals surface area contributed by atoms with Crippen molar-refractivity contribution in [3.63, 3.8) is 0 Å². The van der Waals surface area contributed by atoms with E-state index in [0.717, 1.165) is 0 Å². The monoisotopic (exact) mass is 594 g/mol. The SMILES string of the molecule is CC(C)c1ccc(-c2c3ccccc3c(-c3ccc4c(c3)-c3c(ccc5c3sc3ccccc35)C4(C)C)c3ccccc23)cc1. The van der Waals surface area contributed by atoms with Crippen LogP contribution >= 0.6 is 11.3 Å². The predicted octanol–water partition coefficient (Wildman–Crippen LogP) is 13.1. The van der Waals surface area contributed by atoms with Crippen LogP contribution in [0.1, 0.15) is 50.3 Å². The molecule has 0 atom stereocenters. The van der Waals surface area contributed by atoms with Crippen LogP contribution in [0, 0.1) is 0 Å². The molecule has 0 radical (unpaired) electrons. The topological polar surface area (TPSA) is 0 Å². The normalized spacial score (nSPS) is 13.7. The molecule has 8 aromatic rings. The van der Waals surface area contributed by atoms with Crippen LogP contribution in [0.25, 0.3) is 75.1 Å². The summed E-state index contributed by atoms with van der Waals surface area (Å²) in [7, 11) is 0. The molecule has 9 rings (SSSR count). The summed E-state index contributed by atoms with van der Waals surface area (Å²) in [5.74, 6) is 0.513. The van der Waals surface area contributed by atoms with Crippen molar-refractivity contribution in [2.75, 3.05) is 0 Å². The Labute approximate surface area is 268 Å². The molecule has 1 aliphatic carbocycles. The number of benzene rings is 7. The standard InChI is InChI=1S/C44H34S/c1-26(2)27-17-19-28(20-18-27)40-31-12-5-7-14-33(31)41(34-15-8-6-13-32(34)40)29-21-23-37-36(25-29)42-38(44(37,3)4)24-22-35-30-11-9-10-16-39(30)45-43(35)42/h5-26H,1-4H3. The molecular formula is C44H34S. The minimum absolute atomic E-state index is 0.0519. The van der Waals surface area contributed by atoms with E-state index in [1.165, 1.54) is 91.8 Å². The van der Waals surface area contributed by atoms with Gasteiger partial charge in [0.1, 0.15) is 0 Å². The Bertz CT molecular complexity index is 2410. The first kappa shape index (κ1) is 26.7. The maximum atomic E-state index is 2.50. The van der Waals surface area contributed by atoms with Gasteiger partial charge < -0.3 is 0 Å². The lowest BCUT2D eigenvalue weighted by Gasteiger charge is -2.22. The molecule has 1 aromatic heterocycles. The Hall–Kier alpha value is -4.72. The molecule has 0 spiro atoms. The van der Waals surface area contributed by atoms with Gasteiger partial charge in [-0.1, -0.05) is 143 Å². The van der Waals surface area contributed by atoms with Gasteiger partial charge in [-0.2, -0.15) is 0 Å². The van der Waals surface area contributed by atoms with Gasteiger partial charge in [0.25, 0.3) is 0 Å². The zero-order valence-electron chi connectivity index (χ0n) is 26.1. The number of fused-ring (bicyclic) bond motifs is 9. The summed E-state index contributed by atoms with van der Waals surface area (Å²) >= 11 is 1.94. The Kier molecular flexibility index (Phi) is 5.71. The van der Waals surface area contributed by atoms with Crippen LogP contribution in [0.2, 0.25) is 0 Å². The maximum absolute atomic E-state index is 2.50. The van der Waals surface area contributed by atoms with E-state index in [4.69, 9.17) is 0 Å². The second kappa shape index (κ2) is 9.64. The van der Waals surface area contributed by atoms with Gasteiger partial charge in [0.2, 0.25) is 0 Å². The van der Waals surface area contributed by atoms with Crippen LogP contribution in [0.5, 0.6) is 0 Å². The maximum Gasteiger partial charge on any atom is 0.0437 e. The number of rotatable bonds is 3. The van der Waals surface area contributed by atoms with Crippen molar-refractivity contribution < 1.29 is 0 Å². The quantitative estimate of drug-likeness (QED) is 0.179. The molecule has 0 amide bonds. The molecule has 216 valence electrons. The molecule has 0 aliphatic heterocycles. The Balaban J connectivity index is 1.34. The zero-order valence-corrected chi connectivity index (χ0v) is 26.9. The van der Waals surface area contributed by atoms with E-state index in [-0.39, 0.29) is 5.41 Å². The summed E-state index contributed by atoms with van der Waals surface area (Å²) in [5.41, 5.74) is 12.2. The number of hydrogen-bond donors (Lipinski definition) is 0. The van der Waals surface area contributed by atoms with E-state index in [2.05, 4.69) is 155 Å². The van der Waals surface area contributed by atoms with E-state index in [1.54, 1.807) is 0 Å². The van der Waals surface area contributed by atoms with E-state index in [0.29, 0.717) is 5.92 Å². The van der Waals surface area contributed by atoms with Crippen molar-refractivity contribution in [1.82, 2.24) is 0 Å². The van der Waals surface area contributed by atoms with Gasteiger partial charge >= 0.3 is 0 Å². The van der Waals surface area contributed by atoms with Gasteiger partial charge in [-0.05, 0) is 84.1 Å². The zero-order chi connectivity index (χ0) is 30.4. The molecule has 0 unspecified atom stereocenters. The predicted molar refractivity (Wildman–Crippen MR) is 197 cm³/mol. The first-order valence-corrected chi connectivity index (χ1v) is 16.9. The summed E-state index contributed by atoms with van der Waals surface area (Å²) in [5, 5.41) is 7.94. The van der Waals surface area contributed by atoms with E-state index >= 15 is 0 Å². The first-order valence-electron chi connectivity index (χ1n) is 16.1. The summed E-state index contributed by atoms with van der Waals surface area (Å²) < 4.78 is 2.77. The minimum Gasteiger partial charge on any atom is -0.135 e. The molecule has 0 saturated heterocycles. The van der Waals surface area contributed by atoms with E-state index in [1.807, 2.05) is 11.3 Å².